The van der Waals surface area contributed by atoms with Crippen LogP contribution < -0.4 is 0 Å². The highest BCUT2D eigenvalue weighted by Crippen LogP contribution is 2.10. The molecule has 2 aliphatic rings. The Balaban J connectivity index is 0.00000128. The van der Waals surface area contributed by atoms with E-state index < -0.39 is 0 Å². The third-order valence-electron chi connectivity index (χ3n) is 2.64. The fraction of sp³-hybridized carbons (Fsp3) is 0.700. The maximum Gasteiger partial charge on any atom is 0.242 e. The lowest BCUT2D eigenvalue weighted by Gasteiger charge is -2.28. The monoisotopic (exact) mass is 263 g/mol. The summed E-state index contributed by atoms with van der Waals surface area (Å²) in [5.41, 5.74) is 0. The zero-order valence-electron chi connectivity index (χ0n) is 9.46. The predicted octanol–water partition coefficient (Wildman–Crippen LogP) is 0.660. The highest BCUT2D eigenvalue weighted by atomic mass is 35.5. The van der Waals surface area contributed by atoms with Crippen molar-refractivity contribution in [3.05, 3.63) is 12.4 Å². The molecule has 2 aliphatic heterocycles. The molecule has 0 aliphatic carbocycles. The van der Waals surface area contributed by atoms with Gasteiger partial charge >= 0.3 is 0 Å². The molecule has 0 saturated carbocycles. The van der Waals surface area contributed by atoms with Gasteiger partial charge in [-0.3, -0.25) is 4.79 Å². The molecule has 0 atom stereocenters. The van der Waals surface area contributed by atoms with Gasteiger partial charge in [-0.2, -0.15) is 11.8 Å². The van der Waals surface area contributed by atoms with Crippen LogP contribution in [-0.2, 0) is 4.79 Å². The van der Waals surface area contributed by atoms with Crippen LogP contribution >= 0.6 is 24.2 Å². The van der Waals surface area contributed by atoms with E-state index in [-0.39, 0.29) is 18.3 Å². The first-order valence-electron chi connectivity index (χ1n) is 5.24. The maximum absolute atomic E-state index is 11.9. The molecule has 0 aromatic rings. The van der Waals surface area contributed by atoms with Crippen molar-refractivity contribution in [3.63, 3.8) is 0 Å². The molecule has 6 heteroatoms. The van der Waals surface area contributed by atoms with E-state index in [9.17, 15) is 4.79 Å². The van der Waals surface area contributed by atoms with Gasteiger partial charge in [-0.15, -0.1) is 12.4 Å². The lowest BCUT2D eigenvalue weighted by atomic mass is 10.4. The van der Waals surface area contributed by atoms with Crippen LogP contribution in [0.2, 0.25) is 0 Å². The Morgan fingerprint density at radius 3 is 2.56 bits per heavy atom. The first-order valence-corrected chi connectivity index (χ1v) is 6.39. The maximum atomic E-state index is 11.9. The van der Waals surface area contributed by atoms with Gasteiger partial charge in [0, 0.05) is 44.0 Å². The van der Waals surface area contributed by atoms with E-state index in [0.717, 1.165) is 31.3 Å². The Bertz CT molecular complexity index is 269. The molecular formula is C10H18ClN3OS. The zero-order valence-corrected chi connectivity index (χ0v) is 11.1. The van der Waals surface area contributed by atoms with Crippen LogP contribution in [-0.4, -0.2) is 65.5 Å². The van der Waals surface area contributed by atoms with Crippen LogP contribution in [0, 0.1) is 0 Å². The Hall–Kier alpha value is -0.550. The minimum absolute atomic E-state index is 0. The third-order valence-corrected chi connectivity index (χ3v) is 3.58. The Kier molecular flexibility index (Phi) is 5.28. The summed E-state index contributed by atoms with van der Waals surface area (Å²) < 4.78 is 0. The molecule has 0 N–H and O–H groups in total. The number of carbonyl (C=O) groups excluding carboxylic acids is 1. The molecule has 0 aromatic carbocycles. The normalized spacial score (nSPS) is 19.9. The second-order valence-electron chi connectivity index (χ2n) is 3.94. The van der Waals surface area contributed by atoms with Gasteiger partial charge in [-0.1, -0.05) is 0 Å². The molecule has 1 amide bonds. The van der Waals surface area contributed by atoms with Gasteiger partial charge in [0.05, 0.1) is 13.2 Å². The topological polar surface area (TPSA) is 26.8 Å². The number of hydrogen-bond acceptors (Lipinski definition) is 4. The largest absolute Gasteiger partial charge is 0.362 e. The average molecular weight is 264 g/mol. The third kappa shape index (κ3) is 3.49. The molecule has 1 saturated heterocycles. The van der Waals surface area contributed by atoms with E-state index in [1.807, 2.05) is 41.0 Å². The zero-order chi connectivity index (χ0) is 10.7. The minimum Gasteiger partial charge on any atom is -0.362 e. The van der Waals surface area contributed by atoms with E-state index >= 15 is 0 Å². The number of thioether (sulfide) groups is 1. The fourth-order valence-electron chi connectivity index (χ4n) is 1.78. The van der Waals surface area contributed by atoms with Gasteiger partial charge in [0.25, 0.3) is 0 Å². The smallest absolute Gasteiger partial charge is 0.242 e. The van der Waals surface area contributed by atoms with Crippen LogP contribution in [0.15, 0.2) is 12.4 Å². The summed E-state index contributed by atoms with van der Waals surface area (Å²) in [6, 6.07) is 0. The second-order valence-corrected chi connectivity index (χ2v) is 5.16. The summed E-state index contributed by atoms with van der Waals surface area (Å²) >= 11 is 1.93. The second kappa shape index (κ2) is 6.25. The fourth-order valence-corrected chi connectivity index (χ4v) is 2.68. The highest BCUT2D eigenvalue weighted by molar-refractivity contribution is 7.99. The van der Waals surface area contributed by atoms with Gasteiger partial charge in [0.2, 0.25) is 5.91 Å². The SMILES string of the molecule is CN1C=CN(CC(=O)N2CCSCC2)C1.Cl. The van der Waals surface area contributed by atoms with E-state index in [4.69, 9.17) is 0 Å². The van der Waals surface area contributed by atoms with Crippen LogP contribution in [0.1, 0.15) is 0 Å². The van der Waals surface area contributed by atoms with Crippen molar-refractivity contribution < 1.29 is 4.79 Å². The number of amides is 1. The summed E-state index contributed by atoms with van der Waals surface area (Å²) in [7, 11) is 2.01. The van der Waals surface area contributed by atoms with Gasteiger partial charge in [-0.05, 0) is 0 Å². The molecule has 4 nitrogen and oxygen atoms in total. The van der Waals surface area contributed by atoms with Crippen LogP contribution in [0.5, 0.6) is 0 Å². The van der Waals surface area contributed by atoms with Crippen molar-refractivity contribution in [2.24, 2.45) is 0 Å². The minimum atomic E-state index is 0. The summed E-state index contributed by atoms with van der Waals surface area (Å²) in [6.07, 6.45) is 3.98. The van der Waals surface area contributed by atoms with Gasteiger partial charge in [0.15, 0.2) is 0 Å². The number of carbonyl (C=O) groups is 1. The van der Waals surface area contributed by atoms with Crippen molar-refractivity contribution in [1.29, 1.82) is 0 Å². The van der Waals surface area contributed by atoms with Crippen molar-refractivity contribution in [2.75, 3.05) is 44.9 Å². The molecule has 0 unspecified atom stereocenters. The van der Waals surface area contributed by atoms with Gasteiger partial charge in [-0.25, -0.2) is 0 Å². The van der Waals surface area contributed by atoms with Gasteiger partial charge < -0.3 is 14.7 Å². The van der Waals surface area contributed by atoms with E-state index in [1.54, 1.807) is 0 Å². The number of rotatable bonds is 2. The number of nitrogens with zero attached hydrogens (tertiary/aromatic N) is 3. The molecule has 16 heavy (non-hydrogen) atoms. The van der Waals surface area contributed by atoms with Crippen LogP contribution in [0.4, 0.5) is 0 Å². The molecule has 92 valence electrons. The van der Waals surface area contributed by atoms with E-state index in [1.165, 1.54) is 0 Å². The number of halogens is 1. The quantitative estimate of drug-likeness (QED) is 0.731. The van der Waals surface area contributed by atoms with Crippen molar-refractivity contribution in [1.82, 2.24) is 14.7 Å². The first-order chi connectivity index (χ1) is 7.25. The van der Waals surface area contributed by atoms with Gasteiger partial charge in [0.1, 0.15) is 0 Å². The lowest BCUT2D eigenvalue weighted by molar-refractivity contribution is -0.131. The van der Waals surface area contributed by atoms with Crippen LogP contribution in [0.3, 0.4) is 0 Å². The molecule has 2 rings (SSSR count). The standard InChI is InChI=1S/C10H17N3OS.ClH/c1-11-2-3-12(9-11)8-10(14)13-4-6-15-7-5-13;/h2-3H,4-9H2,1H3;1H. The molecule has 0 aromatic heterocycles. The van der Waals surface area contributed by atoms with Crippen molar-refractivity contribution in [3.8, 4) is 0 Å². The molecular weight excluding hydrogens is 246 g/mol. The lowest BCUT2D eigenvalue weighted by Crippen LogP contribution is -2.43. The van der Waals surface area contributed by atoms with Crippen LogP contribution in [0.25, 0.3) is 0 Å². The van der Waals surface area contributed by atoms with E-state index in [0.29, 0.717) is 6.54 Å². The molecule has 0 radical (unpaired) electrons. The van der Waals surface area contributed by atoms with E-state index in [2.05, 4.69) is 4.90 Å². The molecule has 1 fully saturated rings. The summed E-state index contributed by atoms with van der Waals surface area (Å²) in [6.45, 7) is 3.17. The Morgan fingerprint density at radius 1 is 1.31 bits per heavy atom. The summed E-state index contributed by atoms with van der Waals surface area (Å²) in [5, 5.41) is 0. The summed E-state index contributed by atoms with van der Waals surface area (Å²) in [5.74, 6) is 2.43. The van der Waals surface area contributed by atoms with Crippen molar-refractivity contribution in [2.45, 2.75) is 0 Å². The highest BCUT2D eigenvalue weighted by Gasteiger charge is 2.19. The summed E-state index contributed by atoms with van der Waals surface area (Å²) in [4.78, 5) is 18.0. The molecule has 0 spiro atoms. The average Bonchev–Trinajstić information content (AvgIpc) is 2.65. The molecule has 0 bridgehead atoms. The van der Waals surface area contributed by atoms with Crippen molar-refractivity contribution >= 4 is 30.1 Å². The Morgan fingerprint density at radius 2 is 2.00 bits per heavy atom. The molecule has 2 heterocycles. The first kappa shape index (κ1) is 13.5. The Labute approximate surface area is 107 Å². The number of hydrogen-bond donors (Lipinski definition) is 0. The predicted molar refractivity (Wildman–Crippen MR) is 69.6 cm³/mol.